The van der Waals surface area contributed by atoms with Gasteiger partial charge in [-0.3, -0.25) is 0 Å². The van der Waals surface area contributed by atoms with Gasteiger partial charge >= 0.3 is 0 Å². The molecule has 1 aromatic carbocycles. The first-order valence-electron chi connectivity index (χ1n) is 6.72. The highest BCUT2D eigenvalue weighted by atomic mass is 16.5. The Bertz CT molecular complexity index is 336. The number of nitrogens with one attached hydrogen (secondary N) is 1. The molecule has 0 bridgehead atoms. The van der Waals surface area contributed by atoms with E-state index in [4.69, 9.17) is 9.47 Å². The Balaban J connectivity index is 1.54. The van der Waals surface area contributed by atoms with Gasteiger partial charge in [0, 0.05) is 26.8 Å². The minimum atomic E-state index is 0.517. The van der Waals surface area contributed by atoms with E-state index in [1.54, 1.807) is 7.11 Å². The average molecular weight is 249 g/mol. The third-order valence-electron chi connectivity index (χ3n) is 3.58. The Kier molecular flexibility index (Phi) is 5.02. The third kappa shape index (κ3) is 4.31. The summed E-state index contributed by atoms with van der Waals surface area (Å²) in [6, 6.07) is 9.96. The maximum atomic E-state index is 5.64. The molecule has 0 heterocycles. The van der Waals surface area contributed by atoms with Gasteiger partial charge in [-0.25, -0.2) is 0 Å². The molecular weight excluding hydrogens is 226 g/mol. The Labute approximate surface area is 109 Å². The molecule has 1 aliphatic carbocycles. The number of methoxy groups -OCH3 is 1. The van der Waals surface area contributed by atoms with Crippen LogP contribution in [-0.4, -0.2) is 33.4 Å². The van der Waals surface area contributed by atoms with E-state index in [1.165, 1.54) is 19.3 Å². The van der Waals surface area contributed by atoms with Crippen LogP contribution in [0, 0.1) is 5.41 Å². The summed E-state index contributed by atoms with van der Waals surface area (Å²) < 4.78 is 10.8. The zero-order chi connectivity index (χ0) is 12.7. The molecule has 0 amide bonds. The van der Waals surface area contributed by atoms with Crippen LogP contribution in [0.3, 0.4) is 0 Å². The maximum Gasteiger partial charge on any atom is 0.119 e. The molecule has 1 saturated carbocycles. The molecule has 0 radical (unpaired) electrons. The molecule has 0 unspecified atom stereocenters. The number of rotatable bonds is 9. The van der Waals surface area contributed by atoms with E-state index in [0.717, 1.165) is 32.1 Å². The van der Waals surface area contributed by atoms with Gasteiger partial charge in [-0.15, -0.1) is 0 Å². The summed E-state index contributed by atoms with van der Waals surface area (Å²) in [6.07, 6.45) is 3.85. The van der Waals surface area contributed by atoms with Crippen molar-refractivity contribution in [3.63, 3.8) is 0 Å². The van der Waals surface area contributed by atoms with Crippen LogP contribution in [0.15, 0.2) is 30.3 Å². The van der Waals surface area contributed by atoms with Crippen molar-refractivity contribution in [2.24, 2.45) is 5.41 Å². The lowest BCUT2D eigenvalue weighted by Gasteiger charge is -2.15. The number of para-hydroxylation sites is 1. The minimum Gasteiger partial charge on any atom is -0.492 e. The Morgan fingerprint density at radius 1 is 1.17 bits per heavy atom. The van der Waals surface area contributed by atoms with Gasteiger partial charge in [0.05, 0.1) is 0 Å². The first kappa shape index (κ1) is 13.4. The lowest BCUT2D eigenvalue weighted by molar-refractivity contribution is 0.170. The van der Waals surface area contributed by atoms with Gasteiger partial charge in [0.1, 0.15) is 12.4 Å². The minimum absolute atomic E-state index is 0.517. The Morgan fingerprint density at radius 3 is 2.61 bits per heavy atom. The van der Waals surface area contributed by atoms with Crippen LogP contribution in [0.25, 0.3) is 0 Å². The smallest absolute Gasteiger partial charge is 0.119 e. The second-order valence-electron chi connectivity index (χ2n) is 5.08. The average Bonchev–Trinajstić information content (AvgIpc) is 3.18. The lowest BCUT2D eigenvalue weighted by Crippen LogP contribution is -2.28. The topological polar surface area (TPSA) is 30.5 Å². The monoisotopic (exact) mass is 249 g/mol. The fourth-order valence-corrected chi connectivity index (χ4v) is 2.12. The lowest BCUT2D eigenvalue weighted by atomic mass is 10.0. The largest absolute Gasteiger partial charge is 0.492 e. The third-order valence-corrected chi connectivity index (χ3v) is 3.58. The van der Waals surface area contributed by atoms with E-state index in [1.807, 2.05) is 30.3 Å². The molecule has 0 spiro atoms. The fourth-order valence-electron chi connectivity index (χ4n) is 2.12. The summed E-state index contributed by atoms with van der Waals surface area (Å²) in [4.78, 5) is 0. The molecule has 0 aromatic heterocycles. The van der Waals surface area contributed by atoms with Gasteiger partial charge in [0.25, 0.3) is 0 Å². The van der Waals surface area contributed by atoms with E-state index in [2.05, 4.69) is 5.32 Å². The standard InChI is InChI=1S/C15H23NO2/c1-17-11-9-15(7-8-15)13-16-10-12-18-14-5-3-2-4-6-14/h2-6,16H,7-13H2,1H3. The van der Waals surface area contributed by atoms with Crippen LogP contribution in [0.2, 0.25) is 0 Å². The van der Waals surface area contributed by atoms with Crippen molar-refractivity contribution in [2.45, 2.75) is 19.3 Å². The number of hydrogen-bond donors (Lipinski definition) is 1. The molecule has 3 nitrogen and oxygen atoms in total. The summed E-state index contributed by atoms with van der Waals surface area (Å²) in [6.45, 7) is 3.60. The maximum absolute atomic E-state index is 5.64. The molecule has 2 rings (SSSR count). The predicted octanol–water partition coefficient (Wildman–Crippen LogP) is 2.47. The highest BCUT2D eigenvalue weighted by Gasteiger charge is 2.41. The molecule has 3 heteroatoms. The van der Waals surface area contributed by atoms with Crippen LogP contribution in [0.5, 0.6) is 5.75 Å². The molecular formula is C15H23NO2. The molecule has 0 aliphatic heterocycles. The zero-order valence-electron chi connectivity index (χ0n) is 11.2. The number of hydrogen-bond acceptors (Lipinski definition) is 3. The summed E-state index contributed by atoms with van der Waals surface area (Å²) in [5, 5.41) is 3.49. The van der Waals surface area contributed by atoms with Crippen LogP contribution in [0.4, 0.5) is 0 Å². The molecule has 18 heavy (non-hydrogen) atoms. The molecule has 0 saturated heterocycles. The summed E-state index contributed by atoms with van der Waals surface area (Å²) in [5.41, 5.74) is 0.517. The SMILES string of the molecule is COCCC1(CNCCOc2ccccc2)CC1. The Morgan fingerprint density at radius 2 is 1.94 bits per heavy atom. The van der Waals surface area contributed by atoms with Gasteiger partial charge in [0.2, 0.25) is 0 Å². The molecule has 0 atom stereocenters. The molecule has 100 valence electrons. The molecule has 1 aliphatic rings. The van der Waals surface area contributed by atoms with E-state index in [9.17, 15) is 0 Å². The van der Waals surface area contributed by atoms with Gasteiger partial charge in [-0.1, -0.05) is 18.2 Å². The predicted molar refractivity (Wildman–Crippen MR) is 73.0 cm³/mol. The van der Waals surface area contributed by atoms with Crippen molar-refractivity contribution in [1.82, 2.24) is 5.32 Å². The van der Waals surface area contributed by atoms with Crippen molar-refractivity contribution in [3.05, 3.63) is 30.3 Å². The molecule has 1 fully saturated rings. The molecule has 1 N–H and O–H groups in total. The van der Waals surface area contributed by atoms with Crippen LogP contribution in [0.1, 0.15) is 19.3 Å². The molecule has 1 aromatic rings. The summed E-state index contributed by atoms with van der Waals surface area (Å²) in [5.74, 6) is 0.944. The normalized spacial score (nSPS) is 16.5. The van der Waals surface area contributed by atoms with Gasteiger partial charge in [-0.05, 0) is 36.8 Å². The summed E-state index contributed by atoms with van der Waals surface area (Å²) >= 11 is 0. The van der Waals surface area contributed by atoms with E-state index in [-0.39, 0.29) is 0 Å². The zero-order valence-corrected chi connectivity index (χ0v) is 11.2. The highest BCUT2D eigenvalue weighted by molar-refractivity contribution is 5.20. The second-order valence-corrected chi connectivity index (χ2v) is 5.08. The van der Waals surface area contributed by atoms with Gasteiger partial charge < -0.3 is 14.8 Å². The summed E-state index contributed by atoms with van der Waals surface area (Å²) in [7, 11) is 1.78. The quantitative estimate of drug-likeness (QED) is 0.682. The van der Waals surface area contributed by atoms with Crippen molar-refractivity contribution >= 4 is 0 Å². The van der Waals surface area contributed by atoms with Crippen molar-refractivity contribution in [1.29, 1.82) is 0 Å². The van der Waals surface area contributed by atoms with Crippen LogP contribution < -0.4 is 10.1 Å². The van der Waals surface area contributed by atoms with E-state index < -0.39 is 0 Å². The number of ether oxygens (including phenoxy) is 2. The highest BCUT2D eigenvalue weighted by Crippen LogP contribution is 2.48. The first-order chi connectivity index (χ1) is 8.85. The van der Waals surface area contributed by atoms with Gasteiger partial charge in [0.15, 0.2) is 0 Å². The van der Waals surface area contributed by atoms with Crippen LogP contribution >= 0.6 is 0 Å². The first-order valence-corrected chi connectivity index (χ1v) is 6.72. The Hall–Kier alpha value is -1.06. The fraction of sp³-hybridized carbons (Fsp3) is 0.600. The number of benzene rings is 1. The van der Waals surface area contributed by atoms with Crippen molar-refractivity contribution in [2.75, 3.05) is 33.4 Å². The van der Waals surface area contributed by atoms with Crippen molar-refractivity contribution < 1.29 is 9.47 Å². The van der Waals surface area contributed by atoms with Crippen LogP contribution in [-0.2, 0) is 4.74 Å². The van der Waals surface area contributed by atoms with E-state index >= 15 is 0 Å². The van der Waals surface area contributed by atoms with Gasteiger partial charge in [-0.2, -0.15) is 0 Å². The second kappa shape index (κ2) is 6.76. The van der Waals surface area contributed by atoms with E-state index in [0.29, 0.717) is 5.41 Å². The van der Waals surface area contributed by atoms with Crippen molar-refractivity contribution in [3.8, 4) is 5.75 Å².